The molecule has 1 aromatic rings. The lowest BCUT2D eigenvalue weighted by atomic mass is 9.90. The Bertz CT molecular complexity index is 331. The van der Waals surface area contributed by atoms with E-state index in [2.05, 4.69) is 47.2 Å². The fraction of sp³-hybridized carbons (Fsp3) is 0.538. The molecule has 1 unspecified atom stereocenters. The van der Waals surface area contributed by atoms with E-state index >= 15 is 0 Å². The molecule has 2 heteroatoms. The van der Waals surface area contributed by atoms with Crippen molar-refractivity contribution in [3.8, 4) is 0 Å². The molecule has 0 spiro atoms. The first-order valence-electron chi connectivity index (χ1n) is 5.66. The lowest BCUT2D eigenvalue weighted by Crippen LogP contribution is -2.28. The number of piperidine rings is 1. The third-order valence-corrected chi connectivity index (χ3v) is 4.48. The normalized spacial score (nSPS) is 21.7. The maximum Gasteiger partial charge on any atom is 0.0233 e. The smallest absolute Gasteiger partial charge is 0.0233 e. The van der Waals surface area contributed by atoms with Crippen molar-refractivity contribution >= 4 is 15.9 Å². The third kappa shape index (κ3) is 2.43. The molecule has 0 radical (unpaired) electrons. The van der Waals surface area contributed by atoms with E-state index < -0.39 is 0 Å². The SMILES string of the molecule is Cc1cc(C2CCCNC2)cc(C)c1Br. The molecule has 1 aromatic carbocycles. The van der Waals surface area contributed by atoms with Crippen LogP contribution in [0, 0.1) is 13.8 Å². The molecule has 0 amide bonds. The van der Waals surface area contributed by atoms with E-state index in [0.29, 0.717) is 5.92 Å². The standard InChI is InChI=1S/C13H18BrN/c1-9-6-12(7-10(2)13(9)14)11-4-3-5-15-8-11/h6-7,11,15H,3-5,8H2,1-2H3. The summed E-state index contributed by atoms with van der Waals surface area (Å²) in [6, 6.07) is 4.66. The van der Waals surface area contributed by atoms with Gasteiger partial charge in [-0.25, -0.2) is 0 Å². The molecule has 1 fully saturated rings. The Balaban J connectivity index is 2.27. The molecule has 1 atom stereocenters. The molecule has 1 saturated heterocycles. The molecular formula is C13H18BrN. The van der Waals surface area contributed by atoms with Crippen molar-refractivity contribution in [2.24, 2.45) is 0 Å². The predicted octanol–water partition coefficient (Wildman–Crippen LogP) is 3.53. The molecular weight excluding hydrogens is 250 g/mol. The average Bonchev–Trinajstić information content (AvgIpc) is 2.26. The van der Waals surface area contributed by atoms with E-state index in [1.54, 1.807) is 0 Å². The molecule has 1 nitrogen and oxygen atoms in total. The van der Waals surface area contributed by atoms with E-state index in [-0.39, 0.29) is 0 Å². The molecule has 1 aliphatic rings. The first kappa shape index (κ1) is 11.2. The quantitative estimate of drug-likeness (QED) is 0.821. The summed E-state index contributed by atoms with van der Waals surface area (Å²) in [5.41, 5.74) is 4.21. The van der Waals surface area contributed by atoms with Gasteiger partial charge in [0.15, 0.2) is 0 Å². The van der Waals surface area contributed by atoms with Gasteiger partial charge in [0, 0.05) is 11.0 Å². The second kappa shape index (κ2) is 4.67. The van der Waals surface area contributed by atoms with Gasteiger partial charge in [-0.2, -0.15) is 0 Å². The van der Waals surface area contributed by atoms with Gasteiger partial charge in [-0.15, -0.1) is 0 Å². The molecule has 15 heavy (non-hydrogen) atoms. The van der Waals surface area contributed by atoms with Gasteiger partial charge < -0.3 is 5.32 Å². The third-order valence-electron chi connectivity index (χ3n) is 3.23. The second-order valence-electron chi connectivity index (χ2n) is 4.51. The zero-order valence-electron chi connectivity index (χ0n) is 9.44. The fourth-order valence-corrected chi connectivity index (χ4v) is 2.58. The predicted molar refractivity (Wildman–Crippen MR) is 68.5 cm³/mol. The van der Waals surface area contributed by atoms with Crippen molar-refractivity contribution < 1.29 is 0 Å². The van der Waals surface area contributed by atoms with Crippen LogP contribution in [0.3, 0.4) is 0 Å². The highest BCUT2D eigenvalue weighted by Gasteiger charge is 2.16. The van der Waals surface area contributed by atoms with Crippen LogP contribution in [0.2, 0.25) is 0 Å². The molecule has 82 valence electrons. The van der Waals surface area contributed by atoms with Gasteiger partial charge >= 0.3 is 0 Å². The van der Waals surface area contributed by atoms with Crippen LogP contribution >= 0.6 is 15.9 Å². The minimum Gasteiger partial charge on any atom is -0.316 e. The van der Waals surface area contributed by atoms with Crippen LogP contribution in [0.5, 0.6) is 0 Å². The maximum absolute atomic E-state index is 3.62. The zero-order valence-corrected chi connectivity index (χ0v) is 11.0. The van der Waals surface area contributed by atoms with Crippen LogP contribution in [0.1, 0.15) is 35.4 Å². The monoisotopic (exact) mass is 267 g/mol. The average molecular weight is 268 g/mol. The Morgan fingerprint density at radius 2 is 1.93 bits per heavy atom. The highest BCUT2D eigenvalue weighted by Crippen LogP contribution is 2.29. The first-order valence-corrected chi connectivity index (χ1v) is 6.45. The number of rotatable bonds is 1. The van der Waals surface area contributed by atoms with Crippen LogP contribution in [-0.2, 0) is 0 Å². The second-order valence-corrected chi connectivity index (χ2v) is 5.30. The molecule has 0 saturated carbocycles. The van der Waals surface area contributed by atoms with Gasteiger partial charge in [-0.1, -0.05) is 28.1 Å². The number of hydrogen-bond acceptors (Lipinski definition) is 1. The fourth-order valence-electron chi connectivity index (χ4n) is 2.35. The van der Waals surface area contributed by atoms with Crippen molar-refractivity contribution in [2.75, 3.05) is 13.1 Å². The zero-order chi connectivity index (χ0) is 10.8. The van der Waals surface area contributed by atoms with Crippen LogP contribution in [0.15, 0.2) is 16.6 Å². The first-order chi connectivity index (χ1) is 7.18. The Labute approximate surface area is 100 Å². The van der Waals surface area contributed by atoms with Crippen molar-refractivity contribution in [1.82, 2.24) is 5.32 Å². The van der Waals surface area contributed by atoms with E-state index in [9.17, 15) is 0 Å². The Kier molecular flexibility index (Phi) is 3.47. The summed E-state index contributed by atoms with van der Waals surface area (Å²) in [4.78, 5) is 0. The van der Waals surface area contributed by atoms with Gasteiger partial charge in [0.2, 0.25) is 0 Å². The van der Waals surface area contributed by atoms with Crippen LogP contribution in [-0.4, -0.2) is 13.1 Å². The highest BCUT2D eigenvalue weighted by molar-refractivity contribution is 9.10. The lowest BCUT2D eigenvalue weighted by Gasteiger charge is -2.24. The van der Waals surface area contributed by atoms with Crippen LogP contribution in [0.4, 0.5) is 0 Å². The number of aryl methyl sites for hydroxylation is 2. The summed E-state index contributed by atoms with van der Waals surface area (Å²) in [6.07, 6.45) is 2.63. The number of nitrogens with one attached hydrogen (secondary N) is 1. The van der Waals surface area contributed by atoms with Crippen LogP contribution < -0.4 is 5.32 Å². The van der Waals surface area contributed by atoms with E-state index in [4.69, 9.17) is 0 Å². The molecule has 1 N–H and O–H groups in total. The molecule has 0 aliphatic carbocycles. The van der Waals surface area contributed by atoms with Gasteiger partial charge in [0.05, 0.1) is 0 Å². The van der Waals surface area contributed by atoms with Crippen molar-refractivity contribution in [3.63, 3.8) is 0 Å². The topological polar surface area (TPSA) is 12.0 Å². The van der Waals surface area contributed by atoms with Crippen LogP contribution in [0.25, 0.3) is 0 Å². The Morgan fingerprint density at radius 1 is 1.27 bits per heavy atom. The Hall–Kier alpha value is -0.340. The summed E-state index contributed by atoms with van der Waals surface area (Å²) in [5, 5.41) is 3.48. The maximum atomic E-state index is 3.62. The summed E-state index contributed by atoms with van der Waals surface area (Å²) in [7, 11) is 0. The van der Waals surface area contributed by atoms with E-state index in [1.165, 1.54) is 40.5 Å². The summed E-state index contributed by atoms with van der Waals surface area (Å²) in [6.45, 7) is 6.68. The van der Waals surface area contributed by atoms with E-state index in [1.807, 2.05) is 0 Å². The summed E-state index contributed by atoms with van der Waals surface area (Å²) >= 11 is 3.62. The molecule has 1 aliphatic heterocycles. The molecule has 2 rings (SSSR count). The number of hydrogen-bond donors (Lipinski definition) is 1. The van der Waals surface area contributed by atoms with Crippen molar-refractivity contribution in [3.05, 3.63) is 33.3 Å². The number of halogens is 1. The number of benzene rings is 1. The summed E-state index contributed by atoms with van der Waals surface area (Å²) < 4.78 is 1.26. The van der Waals surface area contributed by atoms with Gasteiger partial charge in [-0.3, -0.25) is 0 Å². The van der Waals surface area contributed by atoms with Gasteiger partial charge in [0.1, 0.15) is 0 Å². The molecule has 0 aromatic heterocycles. The minimum atomic E-state index is 0.712. The van der Waals surface area contributed by atoms with Crippen molar-refractivity contribution in [1.29, 1.82) is 0 Å². The Morgan fingerprint density at radius 3 is 2.47 bits per heavy atom. The van der Waals surface area contributed by atoms with E-state index in [0.717, 1.165) is 6.54 Å². The molecule has 1 heterocycles. The van der Waals surface area contributed by atoms with Gasteiger partial charge in [0.25, 0.3) is 0 Å². The van der Waals surface area contributed by atoms with Gasteiger partial charge in [-0.05, 0) is 55.8 Å². The molecule has 0 bridgehead atoms. The minimum absolute atomic E-state index is 0.712. The largest absolute Gasteiger partial charge is 0.316 e. The lowest BCUT2D eigenvalue weighted by molar-refractivity contribution is 0.461. The highest BCUT2D eigenvalue weighted by atomic mass is 79.9. The van der Waals surface area contributed by atoms with Crippen molar-refractivity contribution in [2.45, 2.75) is 32.6 Å². The summed E-state index contributed by atoms with van der Waals surface area (Å²) in [5.74, 6) is 0.712.